The second kappa shape index (κ2) is 8.65. The van der Waals surface area contributed by atoms with Gasteiger partial charge in [0.25, 0.3) is 0 Å². The van der Waals surface area contributed by atoms with Crippen LogP contribution in [-0.4, -0.2) is 50.8 Å². The molecule has 2 saturated heterocycles. The summed E-state index contributed by atoms with van der Waals surface area (Å²) < 4.78 is 12.1. The molecule has 0 amide bonds. The molecule has 28 heavy (non-hydrogen) atoms. The molecule has 1 unspecified atom stereocenters. The van der Waals surface area contributed by atoms with E-state index < -0.39 is 8.32 Å². The van der Waals surface area contributed by atoms with Crippen LogP contribution in [0.15, 0.2) is 30.3 Å². The fourth-order valence-electron chi connectivity index (χ4n) is 3.68. The van der Waals surface area contributed by atoms with Gasteiger partial charge in [0.05, 0.1) is 18.3 Å². The molecule has 6 heteroatoms. The van der Waals surface area contributed by atoms with Crippen LogP contribution in [0.3, 0.4) is 0 Å². The highest BCUT2D eigenvalue weighted by molar-refractivity contribution is 6.74. The third-order valence-corrected chi connectivity index (χ3v) is 10.9. The minimum atomic E-state index is -1.79. The van der Waals surface area contributed by atoms with Crippen molar-refractivity contribution in [1.29, 1.82) is 0 Å². The first kappa shape index (κ1) is 21.5. The number of hydroxylamine groups is 2. The highest BCUT2D eigenvalue weighted by Gasteiger charge is 2.46. The van der Waals surface area contributed by atoms with E-state index in [0.29, 0.717) is 18.2 Å². The van der Waals surface area contributed by atoms with E-state index in [0.717, 1.165) is 32.2 Å². The van der Waals surface area contributed by atoms with Crippen LogP contribution in [-0.2, 0) is 14.0 Å². The van der Waals surface area contributed by atoms with Crippen LogP contribution in [0.25, 0.3) is 0 Å². The summed E-state index contributed by atoms with van der Waals surface area (Å²) in [5, 5.41) is 2.35. The van der Waals surface area contributed by atoms with Gasteiger partial charge in [0.1, 0.15) is 6.10 Å². The number of esters is 1. The molecule has 0 N–H and O–H groups in total. The van der Waals surface area contributed by atoms with Gasteiger partial charge >= 0.3 is 5.97 Å². The summed E-state index contributed by atoms with van der Waals surface area (Å²) in [7, 11) is -1.79. The minimum absolute atomic E-state index is 0.166. The summed E-state index contributed by atoms with van der Waals surface area (Å²) in [6.45, 7) is 12.8. The number of hydrogen-bond acceptors (Lipinski definition) is 5. The number of hydrogen-bond donors (Lipinski definition) is 0. The Hall–Kier alpha value is -1.21. The average Bonchev–Trinajstić information content (AvgIpc) is 2.98. The smallest absolute Gasteiger partial charge is 0.338 e. The molecule has 2 bridgehead atoms. The van der Waals surface area contributed by atoms with Gasteiger partial charge in [-0.05, 0) is 55.9 Å². The van der Waals surface area contributed by atoms with Crippen molar-refractivity contribution in [3.63, 3.8) is 0 Å². The number of ether oxygens (including phenoxy) is 1. The van der Waals surface area contributed by atoms with Crippen LogP contribution in [0.1, 0.15) is 56.8 Å². The molecule has 2 fully saturated rings. The number of carbonyl (C=O) groups excluding carboxylic acids is 1. The molecule has 1 aromatic carbocycles. The highest BCUT2D eigenvalue weighted by atomic mass is 28.4. The van der Waals surface area contributed by atoms with E-state index in [1.54, 1.807) is 12.1 Å². The number of benzene rings is 1. The average molecular weight is 406 g/mol. The van der Waals surface area contributed by atoms with Crippen LogP contribution in [0, 0.1) is 0 Å². The second-order valence-electron chi connectivity index (χ2n) is 9.52. The van der Waals surface area contributed by atoms with E-state index in [1.165, 1.54) is 0 Å². The van der Waals surface area contributed by atoms with Crippen LogP contribution in [0.5, 0.6) is 0 Å². The topological polar surface area (TPSA) is 48.0 Å². The maximum atomic E-state index is 12.0. The zero-order chi connectivity index (χ0) is 20.4. The van der Waals surface area contributed by atoms with Crippen LogP contribution >= 0.6 is 0 Å². The molecule has 0 spiro atoms. The molecule has 2 aliphatic rings. The van der Waals surface area contributed by atoms with Crippen LogP contribution < -0.4 is 0 Å². The second-order valence-corrected chi connectivity index (χ2v) is 14.3. The molecule has 0 radical (unpaired) electrons. The molecule has 2 aliphatic heterocycles. The summed E-state index contributed by atoms with van der Waals surface area (Å²) >= 11 is 0. The molecule has 3 rings (SSSR count). The molecule has 5 nitrogen and oxygen atoms in total. The van der Waals surface area contributed by atoms with E-state index in [1.807, 2.05) is 18.2 Å². The first-order valence-electron chi connectivity index (χ1n) is 10.5. The predicted molar refractivity (Wildman–Crippen MR) is 113 cm³/mol. The minimum Gasteiger partial charge on any atom is -0.462 e. The summed E-state index contributed by atoms with van der Waals surface area (Å²) in [6.07, 6.45) is 4.25. The van der Waals surface area contributed by atoms with Crippen molar-refractivity contribution >= 4 is 14.3 Å². The van der Waals surface area contributed by atoms with Crippen molar-refractivity contribution in [2.45, 2.75) is 82.8 Å². The Bertz CT molecular complexity index is 658. The Kier molecular flexibility index (Phi) is 6.64. The first-order valence-corrected chi connectivity index (χ1v) is 13.4. The summed E-state index contributed by atoms with van der Waals surface area (Å²) in [5.74, 6) is -0.245. The van der Waals surface area contributed by atoms with E-state index >= 15 is 0 Å². The summed E-state index contributed by atoms with van der Waals surface area (Å²) in [5.41, 5.74) is 0.608. The Labute approximate surface area is 170 Å². The van der Waals surface area contributed by atoms with Crippen molar-refractivity contribution in [2.24, 2.45) is 0 Å². The van der Waals surface area contributed by atoms with Gasteiger partial charge in [-0.2, -0.15) is 5.06 Å². The summed E-state index contributed by atoms with van der Waals surface area (Å²) in [4.78, 5) is 18.2. The molecule has 0 aromatic heterocycles. The molecule has 1 aromatic rings. The number of rotatable bonds is 7. The molecule has 2 heterocycles. The monoisotopic (exact) mass is 405 g/mol. The lowest BCUT2D eigenvalue weighted by Gasteiger charge is -2.42. The third-order valence-electron chi connectivity index (χ3n) is 6.41. The van der Waals surface area contributed by atoms with Crippen molar-refractivity contribution in [3.05, 3.63) is 35.9 Å². The molecular formula is C22H35NO4Si. The largest absolute Gasteiger partial charge is 0.462 e. The van der Waals surface area contributed by atoms with E-state index in [9.17, 15) is 4.79 Å². The van der Waals surface area contributed by atoms with Crippen molar-refractivity contribution < 1.29 is 18.8 Å². The van der Waals surface area contributed by atoms with Gasteiger partial charge in [-0.1, -0.05) is 39.0 Å². The fraction of sp³-hybridized carbons (Fsp3) is 0.682. The third kappa shape index (κ3) is 5.03. The Balaban J connectivity index is 1.43. The molecule has 0 aliphatic carbocycles. The Morgan fingerprint density at radius 3 is 2.64 bits per heavy atom. The van der Waals surface area contributed by atoms with Gasteiger partial charge in [0.15, 0.2) is 8.32 Å². The van der Waals surface area contributed by atoms with E-state index in [2.05, 4.69) is 38.9 Å². The standard InChI is InChI=1S/C22H35NO4Si/c1-22(2,3)28(4,5)27-19-13-14-23-18(16-20(19)26-23)12-9-15-25-21(24)17-10-7-6-8-11-17/h6-8,10-11,18-20H,9,12-16H2,1-5H3/t18-,19+,20+/m0/s1. The lowest BCUT2D eigenvalue weighted by atomic mass is 10.0. The van der Waals surface area contributed by atoms with Gasteiger partial charge in [0, 0.05) is 12.6 Å². The number of carbonyl (C=O) groups is 1. The van der Waals surface area contributed by atoms with Crippen molar-refractivity contribution in [3.8, 4) is 0 Å². The summed E-state index contributed by atoms with van der Waals surface area (Å²) in [6, 6.07) is 9.55. The predicted octanol–water partition coefficient (Wildman–Crippen LogP) is 4.79. The van der Waals surface area contributed by atoms with Gasteiger partial charge in [0.2, 0.25) is 0 Å². The van der Waals surface area contributed by atoms with Gasteiger partial charge in [-0.15, -0.1) is 0 Å². The van der Waals surface area contributed by atoms with Gasteiger partial charge in [-0.25, -0.2) is 4.79 Å². The first-order chi connectivity index (χ1) is 13.2. The van der Waals surface area contributed by atoms with Crippen LogP contribution in [0.4, 0.5) is 0 Å². The number of fused-ring (bicyclic) bond motifs is 2. The SMILES string of the molecule is CC(C)(C)[Si](C)(C)O[C@@H]1CCN2O[C@@H]1C[C@@H]2CCCOC(=O)c1ccccc1. The van der Waals surface area contributed by atoms with Crippen molar-refractivity contribution in [1.82, 2.24) is 5.06 Å². The zero-order valence-electron chi connectivity index (χ0n) is 17.9. The zero-order valence-corrected chi connectivity index (χ0v) is 18.9. The van der Waals surface area contributed by atoms with E-state index in [-0.39, 0.29) is 23.2 Å². The lowest BCUT2D eigenvalue weighted by molar-refractivity contribution is -0.214. The Morgan fingerprint density at radius 2 is 1.96 bits per heavy atom. The maximum Gasteiger partial charge on any atom is 0.338 e. The highest BCUT2D eigenvalue weighted by Crippen LogP contribution is 2.41. The molecule has 156 valence electrons. The van der Waals surface area contributed by atoms with Gasteiger partial charge < -0.3 is 9.16 Å². The quantitative estimate of drug-likeness (QED) is 0.371. The van der Waals surface area contributed by atoms with Crippen molar-refractivity contribution in [2.75, 3.05) is 13.2 Å². The normalized spacial score (nSPS) is 27.6. The van der Waals surface area contributed by atoms with Gasteiger partial charge in [-0.3, -0.25) is 4.84 Å². The molecule has 0 saturated carbocycles. The number of nitrogens with zero attached hydrogens (tertiary/aromatic N) is 1. The lowest BCUT2D eigenvalue weighted by Crippen LogP contribution is -2.49. The maximum absolute atomic E-state index is 12.0. The van der Waals surface area contributed by atoms with E-state index in [4.69, 9.17) is 14.0 Å². The Morgan fingerprint density at radius 1 is 1.25 bits per heavy atom. The molecular weight excluding hydrogens is 370 g/mol. The molecule has 4 atom stereocenters. The fourth-order valence-corrected chi connectivity index (χ4v) is 5.06. The van der Waals surface area contributed by atoms with Crippen LogP contribution in [0.2, 0.25) is 18.1 Å².